The van der Waals surface area contributed by atoms with E-state index in [4.69, 9.17) is 41.5 Å². The van der Waals surface area contributed by atoms with Crippen LogP contribution >= 0.6 is 0 Å². The van der Waals surface area contributed by atoms with Crippen LogP contribution in [-0.4, -0.2) is 97.9 Å². The topological polar surface area (TPSA) is 366 Å². The quantitative estimate of drug-likeness (QED) is 0.0106. The number of rotatable bonds is 34. The van der Waals surface area contributed by atoms with E-state index >= 15 is 0 Å². The number of amides is 5. The van der Waals surface area contributed by atoms with Crippen LogP contribution in [0, 0.1) is 54.3 Å². The number of terminal acetylenes is 2. The minimum absolute atomic E-state index is 0.0343. The van der Waals surface area contributed by atoms with E-state index in [2.05, 4.69) is 57.6 Å². The first-order chi connectivity index (χ1) is 46.4. The summed E-state index contributed by atoms with van der Waals surface area (Å²) in [5.41, 5.74) is 25.9. The van der Waals surface area contributed by atoms with Crippen molar-refractivity contribution in [1.29, 1.82) is 0 Å². The van der Waals surface area contributed by atoms with E-state index in [1.165, 1.54) is 59.7 Å². The number of aliphatic hydroxyl groups excluding tert-OH is 5. The number of alkyl halides is 6. The van der Waals surface area contributed by atoms with Crippen molar-refractivity contribution < 1.29 is 75.8 Å². The molecule has 0 radical (unpaired) electrons. The number of hydrogen-bond acceptors (Lipinski definition) is 14. The monoisotopic (exact) mass is 1370 g/mol. The van der Waals surface area contributed by atoms with Crippen molar-refractivity contribution in [3.05, 3.63) is 204 Å². The van der Waals surface area contributed by atoms with Crippen LogP contribution in [0.5, 0.6) is 0 Å². The number of allylic oxidation sites excluding steroid dienone is 2. The zero-order chi connectivity index (χ0) is 73.2. The molecule has 528 valence electrons. The third-order valence-corrected chi connectivity index (χ3v) is 16.3. The van der Waals surface area contributed by atoms with E-state index in [1.54, 1.807) is 12.2 Å². The lowest BCUT2D eigenvalue weighted by Gasteiger charge is -2.18. The number of hydrogen-bond donors (Lipinski definition) is 10. The molecule has 5 aromatic carbocycles. The van der Waals surface area contributed by atoms with E-state index < -0.39 is 113 Å². The van der Waals surface area contributed by atoms with Gasteiger partial charge in [0.15, 0.2) is 0 Å². The Morgan fingerprint density at radius 3 is 1.01 bits per heavy atom. The van der Waals surface area contributed by atoms with Gasteiger partial charge in [-0.3, -0.25) is 24.0 Å². The van der Waals surface area contributed by atoms with Crippen LogP contribution in [0.25, 0.3) is 0 Å². The molecule has 0 fully saturated rings. The highest BCUT2D eigenvalue weighted by molar-refractivity contribution is 5.79. The zero-order valence-corrected chi connectivity index (χ0v) is 54.6. The molecule has 19 nitrogen and oxygen atoms in total. The Morgan fingerprint density at radius 1 is 0.439 bits per heavy atom. The zero-order valence-electron chi connectivity index (χ0n) is 54.6. The second-order valence-corrected chi connectivity index (χ2v) is 23.5. The van der Waals surface area contributed by atoms with Crippen LogP contribution in [0.2, 0.25) is 0 Å². The molecule has 7 rings (SSSR count). The Balaban J connectivity index is 0.000000323. The third-order valence-electron chi connectivity index (χ3n) is 16.3. The molecular formula is C73H89F6N9O10. The lowest BCUT2D eigenvalue weighted by molar-refractivity contribution is -0.166. The second kappa shape index (κ2) is 41.0. The Morgan fingerprint density at radius 2 is 0.724 bits per heavy atom. The lowest BCUT2D eigenvalue weighted by Crippen LogP contribution is -2.34. The molecule has 0 spiro atoms. The van der Waals surface area contributed by atoms with Gasteiger partial charge in [-0.05, 0) is 111 Å². The molecule has 98 heavy (non-hydrogen) atoms. The van der Waals surface area contributed by atoms with Gasteiger partial charge in [0.1, 0.15) is 0 Å². The minimum atomic E-state index is -4.56. The fraction of sp³-hybridized carbons (Fsp3) is 0.411. The Kier molecular flexibility index (Phi) is 34.7. The summed E-state index contributed by atoms with van der Waals surface area (Å²) in [5.74, 6) is -1.33. The van der Waals surface area contributed by atoms with Crippen molar-refractivity contribution in [3.63, 3.8) is 0 Å². The normalized spacial score (nSPS) is 15.9. The number of benzene rings is 5. The number of carbonyl (C=O) groups excluding carboxylic acids is 5. The summed E-state index contributed by atoms with van der Waals surface area (Å²) in [5, 5.41) is 62.2. The molecule has 2 aliphatic heterocycles. The summed E-state index contributed by atoms with van der Waals surface area (Å²) in [7, 11) is 0. The molecule has 0 aromatic heterocycles. The molecule has 0 saturated heterocycles. The summed E-state index contributed by atoms with van der Waals surface area (Å²) in [4.78, 5) is 55.8. The van der Waals surface area contributed by atoms with Crippen LogP contribution in [0.15, 0.2) is 185 Å². The number of halogens is 6. The first-order valence-corrected chi connectivity index (χ1v) is 31.6. The molecule has 5 amide bonds. The lowest BCUT2D eigenvalue weighted by atomic mass is 9.92. The van der Waals surface area contributed by atoms with Crippen LogP contribution < -0.4 is 28.7 Å². The van der Waals surface area contributed by atoms with Gasteiger partial charge in [0, 0.05) is 24.0 Å². The molecule has 10 atom stereocenters. The van der Waals surface area contributed by atoms with Crippen LogP contribution in [0.3, 0.4) is 0 Å². The molecule has 0 bridgehead atoms. The average molecular weight is 1370 g/mol. The Bertz CT molecular complexity index is 3310. The summed E-state index contributed by atoms with van der Waals surface area (Å²) >= 11 is 0. The predicted octanol–water partition coefficient (Wildman–Crippen LogP) is 9.38. The number of carbonyl (C=O) groups is 5. The standard InChI is InChI=1S/2C16H16F3N3O2.C15H21NO2.C13H19NO2.C13H17NO2/c2*1-2-3-12(14(20)24)13(23)9-6-10-4-7-11(8-5-10)15(21-22-15)16(17,18)19;1-2-7-13(15(16)18)14(17)11-6-10-12-8-4-3-5-9-12;1-2-11(13(14)16)12(15)9-8-10-6-4-3-5-7-10;1-2-6-11(13(14)16)12(15)9-10-7-4-3-5-8-10/h2*1,4-5,7-8,12-13,23H,3,6,9H2,(H2,20,24);2-5,8-9,13-14,17H,1,6-7,10-11H2,(H2,16,18);3-7,11-12,15H,2,8-9H2,1H3,(H2,14,16);2-5,7-8,11-12,15H,1,6,9H2,(H2,14,16)/t12-,13+;12-,13-;13-,14-;2*11-,12-/m11111/s1. The summed E-state index contributed by atoms with van der Waals surface area (Å²) in [6.45, 7) is 8.99. The van der Waals surface area contributed by atoms with E-state index in [1.807, 2.05) is 85.8 Å². The number of aryl methyl sites for hydroxylation is 4. The maximum absolute atomic E-state index is 12.9. The van der Waals surface area contributed by atoms with Gasteiger partial charge >= 0.3 is 23.7 Å². The van der Waals surface area contributed by atoms with Crippen molar-refractivity contribution in [2.24, 2.45) is 78.7 Å². The third kappa shape index (κ3) is 26.9. The van der Waals surface area contributed by atoms with Crippen molar-refractivity contribution in [3.8, 4) is 24.7 Å². The largest absolute Gasteiger partial charge is 0.442 e. The highest BCUT2D eigenvalue weighted by Gasteiger charge is 2.66. The van der Waals surface area contributed by atoms with E-state index in [9.17, 15) is 75.8 Å². The van der Waals surface area contributed by atoms with Gasteiger partial charge in [-0.25, -0.2) is 0 Å². The van der Waals surface area contributed by atoms with Crippen molar-refractivity contribution in [2.45, 2.75) is 157 Å². The van der Waals surface area contributed by atoms with Gasteiger partial charge in [0.25, 0.3) is 0 Å². The molecule has 15 N–H and O–H groups in total. The number of nitrogens with two attached hydrogens (primary N) is 5. The molecular weight excluding hydrogens is 1280 g/mol. The minimum Gasteiger partial charge on any atom is -0.392 e. The van der Waals surface area contributed by atoms with E-state index in [-0.39, 0.29) is 36.8 Å². The fourth-order valence-corrected chi connectivity index (χ4v) is 10.3. The molecule has 25 heteroatoms. The van der Waals surface area contributed by atoms with Gasteiger partial charge in [0.05, 0.1) is 60.1 Å². The molecule has 5 aromatic rings. The van der Waals surface area contributed by atoms with Crippen LogP contribution in [-0.2, 0) is 67.4 Å². The maximum atomic E-state index is 12.9. The molecule has 0 saturated carbocycles. The molecule has 2 heterocycles. The predicted molar refractivity (Wildman–Crippen MR) is 359 cm³/mol. The molecule has 0 unspecified atom stereocenters. The second-order valence-electron chi connectivity index (χ2n) is 23.5. The van der Waals surface area contributed by atoms with Crippen molar-refractivity contribution in [2.75, 3.05) is 0 Å². The van der Waals surface area contributed by atoms with Gasteiger partial charge in [0.2, 0.25) is 29.5 Å². The number of nitrogens with zero attached hydrogens (tertiary/aromatic N) is 4. The molecule has 0 aliphatic carbocycles. The van der Waals surface area contributed by atoms with Crippen molar-refractivity contribution >= 4 is 29.5 Å². The SMILES string of the molecule is C#CC[C@@H](C(N)=O)[C@@H](O)CCc1ccc(C2(C(F)(F)F)N=N2)cc1.C#CC[C@@H](C(N)=O)[C@H](O)CCc1ccc(C2(C(F)(F)F)N=N2)cc1.C=CC[C@@H](C(N)=O)[C@H](O)CCCc1ccccc1.C=CC[C@@H](C(N)=O)[C@H](O)Cc1ccccc1.CC[C@@H](C(N)=O)[C@H](O)CCc1ccccc1. The van der Waals surface area contributed by atoms with Crippen molar-refractivity contribution in [1.82, 2.24) is 0 Å². The van der Waals surface area contributed by atoms with Gasteiger partial charge < -0.3 is 54.2 Å². The first kappa shape index (κ1) is 82.9. The Labute approximate surface area is 567 Å². The van der Waals surface area contributed by atoms with Gasteiger partial charge in [-0.1, -0.05) is 159 Å². The smallest absolute Gasteiger partial charge is 0.392 e. The summed E-state index contributed by atoms with van der Waals surface area (Å²) < 4.78 is 77.4. The molecule has 2 aliphatic rings. The van der Waals surface area contributed by atoms with E-state index in [0.29, 0.717) is 62.5 Å². The summed E-state index contributed by atoms with van der Waals surface area (Å²) in [6, 6.07) is 40.8. The van der Waals surface area contributed by atoms with Gasteiger partial charge in [-0.15, -0.1) is 58.3 Å². The van der Waals surface area contributed by atoms with Gasteiger partial charge in [-0.2, -0.15) is 26.3 Å². The number of aliphatic hydroxyl groups is 5. The highest BCUT2D eigenvalue weighted by atomic mass is 19.4. The first-order valence-electron chi connectivity index (χ1n) is 31.6. The van der Waals surface area contributed by atoms with Crippen LogP contribution in [0.1, 0.15) is 110 Å². The Hall–Kier alpha value is -9.37. The van der Waals surface area contributed by atoms with E-state index in [0.717, 1.165) is 24.8 Å². The fourth-order valence-electron chi connectivity index (χ4n) is 10.3. The summed E-state index contributed by atoms with van der Waals surface area (Å²) in [6.07, 6.45) is 7.04. The highest BCUT2D eigenvalue weighted by Crippen LogP contribution is 2.53. The van der Waals surface area contributed by atoms with Crippen LogP contribution in [0.4, 0.5) is 26.3 Å². The number of primary amides is 5. The average Bonchev–Trinajstić information content (AvgIpc) is 1.59. The maximum Gasteiger partial charge on any atom is 0.442 e.